The monoisotopic (exact) mass is 585 g/mol. The lowest BCUT2D eigenvalue weighted by Crippen LogP contribution is -1.97. The molecule has 0 atom stereocenters. The highest BCUT2D eigenvalue weighted by atomic mass is 15.0. The number of rotatable bonds is 4. The molecule has 214 valence electrons. The smallest absolute Gasteiger partial charge is 0.0998 e. The van der Waals surface area contributed by atoms with Crippen molar-refractivity contribution in [2.75, 3.05) is 0 Å². The molecule has 0 amide bonds. The molecule has 0 spiro atoms. The minimum Gasteiger partial charge on any atom is -0.309 e. The third-order valence-electron chi connectivity index (χ3n) is 9.16. The van der Waals surface area contributed by atoms with Gasteiger partial charge in [-0.3, -0.25) is 0 Å². The van der Waals surface area contributed by atoms with Crippen LogP contribution in [0, 0.1) is 11.3 Å². The molecule has 3 nitrogen and oxygen atoms in total. The van der Waals surface area contributed by atoms with E-state index in [4.69, 9.17) is 0 Å². The van der Waals surface area contributed by atoms with Crippen LogP contribution < -0.4 is 0 Å². The summed E-state index contributed by atoms with van der Waals surface area (Å²) in [6.07, 6.45) is 0. The number of hydrogen-bond acceptors (Lipinski definition) is 1. The standard InChI is InChI=1S/C43H27N3/c44-28-32-21-23-34(46-42-20-9-6-17-37(42)39-26-30(22-24-43(39)46)29-11-2-1-3-12-29)27-38(32)31-13-10-14-33(25-31)45-40-18-7-4-15-35(40)36-16-5-8-19-41(36)45/h1-27H. The van der Waals surface area contributed by atoms with Gasteiger partial charge < -0.3 is 9.13 Å². The third-order valence-corrected chi connectivity index (χ3v) is 9.16. The first-order valence-electron chi connectivity index (χ1n) is 15.5. The van der Waals surface area contributed by atoms with Crippen LogP contribution in [0.1, 0.15) is 5.56 Å². The maximum absolute atomic E-state index is 10.3. The summed E-state index contributed by atoms with van der Waals surface area (Å²) in [5, 5.41) is 15.1. The first-order chi connectivity index (χ1) is 22.8. The predicted molar refractivity (Wildman–Crippen MR) is 191 cm³/mol. The molecule has 7 aromatic carbocycles. The van der Waals surface area contributed by atoms with Gasteiger partial charge in [0.1, 0.15) is 0 Å². The first kappa shape index (κ1) is 26.1. The van der Waals surface area contributed by atoms with Gasteiger partial charge in [-0.2, -0.15) is 5.26 Å². The molecular formula is C43H27N3. The fraction of sp³-hybridized carbons (Fsp3) is 0. The molecule has 3 heteroatoms. The van der Waals surface area contributed by atoms with E-state index in [-0.39, 0.29) is 0 Å². The maximum atomic E-state index is 10.3. The normalized spacial score (nSPS) is 11.5. The van der Waals surface area contributed by atoms with Crippen LogP contribution >= 0.6 is 0 Å². The Bertz CT molecular complexity index is 2600. The Balaban J connectivity index is 1.24. The molecule has 0 aliphatic rings. The minimum atomic E-state index is 0.648. The summed E-state index contributed by atoms with van der Waals surface area (Å²) in [6, 6.07) is 60.1. The van der Waals surface area contributed by atoms with Gasteiger partial charge in [-0.1, -0.05) is 103 Å². The number of fused-ring (bicyclic) bond motifs is 6. The van der Waals surface area contributed by atoms with Crippen molar-refractivity contribution in [1.82, 2.24) is 9.13 Å². The van der Waals surface area contributed by atoms with Crippen LogP contribution in [-0.4, -0.2) is 9.13 Å². The van der Waals surface area contributed by atoms with E-state index in [1.54, 1.807) is 0 Å². The highest BCUT2D eigenvalue weighted by Crippen LogP contribution is 2.38. The Morgan fingerprint density at radius 1 is 0.370 bits per heavy atom. The van der Waals surface area contributed by atoms with E-state index in [0.717, 1.165) is 44.6 Å². The van der Waals surface area contributed by atoms with Gasteiger partial charge in [0.25, 0.3) is 0 Å². The SMILES string of the molecule is N#Cc1ccc(-n2c3ccccc3c3cc(-c4ccccc4)ccc32)cc1-c1cccc(-n2c3ccccc3c3ccccc32)c1. The number of benzene rings is 7. The lowest BCUT2D eigenvalue weighted by Gasteiger charge is -2.14. The molecule has 0 saturated carbocycles. The summed E-state index contributed by atoms with van der Waals surface area (Å²) < 4.78 is 4.64. The molecular weight excluding hydrogens is 558 g/mol. The number of aromatic nitrogens is 2. The van der Waals surface area contributed by atoms with Crippen molar-refractivity contribution in [1.29, 1.82) is 5.26 Å². The summed E-state index contributed by atoms with van der Waals surface area (Å²) in [7, 11) is 0. The van der Waals surface area contributed by atoms with Crippen molar-refractivity contribution in [3.05, 3.63) is 169 Å². The second-order valence-electron chi connectivity index (χ2n) is 11.7. The van der Waals surface area contributed by atoms with E-state index < -0.39 is 0 Å². The van der Waals surface area contributed by atoms with E-state index in [1.165, 1.54) is 32.7 Å². The van der Waals surface area contributed by atoms with Crippen LogP contribution in [0.25, 0.3) is 77.2 Å². The molecule has 0 radical (unpaired) electrons. The zero-order valence-electron chi connectivity index (χ0n) is 24.9. The molecule has 0 aliphatic carbocycles. The van der Waals surface area contributed by atoms with Crippen molar-refractivity contribution in [2.45, 2.75) is 0 Å². The van der Waals surface area contributed by atoms with Crippen LogP contribution in [0.15, 0.2) is 164 Å². The molecule has 0 bridgehead atoms. The Kier molecular flexibility index (Phi) is 5.88. The summed E-state index contributed by atoms with van der Waals surface area (Å²) in [5.41, 5.74) is 11.6. The second kappa shape index (κ2) is 10.4. The van der Waals surface area contributed by atoms with E-state index in [0.29, 0.717) is 5.56 Å². The van der Waals surface area contributed by atoms with E-state index in [1.807, 2.05) is 6.07 Å². The molecule has 2 aromatic heterocycles. The lowest BCUT2D eigenvalue weighted by molar-refractivity contribution is 1.17. The van der Waals surface area contributed by atoms with E-state index in [2.05, 4.69) is 173 Å². The number of hydrogen-bond donors (Lipinski definition) is 0. The van der Waals surface area contributed by atoms with Gasteiger partial charge in [0.2, 0.25) is 0 Å². The molecule has 0 fully saturated rings. The van der Waals surface area contributed by atoms with Gasteiger partial charge in [0, 0.05) is 38.5 Å². The number of para-hydroxylation sites is 3. The van der Waals surface area contributed by atoms with Crippen molar-refractivity contribution < 1.29 is 0 Å². The topological polar surface area (TPSA) is 33.6 Å². The summed E-state index contributed by atoms with van der Waals surface area (Å²) in [4.78, 5) is 0. The fourth-order valence-electron chi connectivity index (χ4n) is 7.08. The van der Waals surface area contributed by atoms with Crippen molar-refractivity contribution in [3.8, 4) is 39.7 Å². The number of nitrogens with zero attached hydrogens (tertiary/aromatic N) is 3. The molecule has 0 N–H and O–H groups in total. The average Bonchev–Trinajstić information content (AvgIpc) is 3.64. The zero-order valence-corrected chi connectivity index (χ0v) is 24.9. The first-order valence-corrected chi connectivity index (χ1v) is 15.5. The Morgan fingerprint density at radius 3 is 1.57 bits per heavy atom. The molecule has 0 unspecified atom stereocenters. The molecule has 2 heterocycles. The van der Waals surface area contributed by atoms with Crippen LogP contribution in [0.2, 0.25) is 0 Å². The quantitative estimate of drug-likeness (QED) is 0.202. The Morgan fingerprint density at radius 2 is 0.913 bits per heavy atom. The molecule has 0 saturated heterocycles. The second-order valence-corrected chi connectivity index (χ2v) is 11.7. The van der Waals surface area contributed by atoms with Crippen molar-refractivity contribution in [3.63, 3.8) is 0 Å². The van der Waals surface area contributed by atoms with E-state index >= 15 is 0 Å². The molecule has 9 rings (SSSR count). The highest BCUT2D eigenvalue weighted by Gasteiger charge is 2.17. The van der Waals surface area contributed by atoms with Gasteiger partial charge in [-0.05, 0) is 77.4 Å². The van der Waals surface area contributed by atoms with Crippen LogP contribution in [0.4, 0.5) is 0 Å². The third kappa shape index (κ3) is 3.98. The largest absolute Gasteiger partial charge is 0.309 e. The Hall–Kier alpha value is -6.37. The van der Waals surface area contributed by atoms with Gasteiger partial charge in [0.15, 0.2) is 0 Å². The van der Waals surface area contributed by atoms with Gasteiger partial charge >= 0.3 is 0 Å². The lowest BCUT2D eigenvalue weighted by atomic mass is 9.98. The van der Waals surface area contributed by atoms with Crippen molar-refractivity contribution in [2.24, 2.45) is 0 Å². The Labute approximate surface area is 266 Å². The molecule has 46 heavy (non-hydrogen) atoms. The average molecular weight is 586 g/mol. The fourth-order valence-corrected chi connectivity index (χ4v) is 7.08. The molecule has 9 aromatic rings. The van der Waals surface area contributed by atoms with E-state index in [9.17, 15) is 5.26 Å². The van der Waals surface area contributed by atoms with Gasteiger partial charge in [-0.25, -0.2) is 0 Å². The minimum absolute atomic E-state index is 0.648. The van der Waals surface area contributed by atoms with Gasteiger partial charge in [0.05, 0.1) is 33.7 Å². The zero-order chi connectivity index (χ0) is 30.6. The molecule has 0 aliphatic heterocycles. The highest BCUT2D eigenvalue weighted by molar-refractivity contribution is 6.11. The van der Waals surface area contributed by atoms with Crippen LogP contribution in [0.5, 0.6) is 0 Å². The maximum Gasteiger partial charge on any atom is 0.0998 e. The van der Waals surface area contributed by atoms with Crippen LogP contribution in [-0.2, 0) is 0 Å². The van der Waals surface area contributed by atoms with Crippen LogP contribution in [0.3, 0.4) is 0 Å². The van der Waals surface area contributed by atoms with Crippen molar-refractivity contribution >= 4 is 43.6 Å². The number of nitriles is 1. The summed E-state index contributed by atoms with van der Waals surface area (Å²) in [5.74, 6) is 0. The predicted octanol–water partition coefficient (Wildman–Crippen LogP) is 11.1. The van der Waals surface area contributed by atoms with Gasteiger partial charge in [-0.15, -0.1) is 0 Å². The summed E-state index contributed by atoms with van der Waals surface area (Å²) in [6.45, 7) is 0. The summed E-state index contributed by atoms with van der Waals surface area (Å²) >= 11 is 0.